The largest absolute Gasteiger partial charge is 0.477 e. The molecule has 0 aliphatic carbocycles. The van der Waals surface area contributed by atoms with E-state index in [4.69, 9.17) is 15.2 Å². The predicted molar refractivity (Wildman–Crippen MR) is 82.1 cm³/mol. The monoisotopic (exact) mass is 295 g/mol. The van der Waals surface area contributed by atoms with Crippen molar-refractivity contribution in [1.82, 2.24) is 9.78 Å². The average Bonchev–Trinajstić information content (AvgIpc) is 2.76. The van der Waals surface area contributed by atoms with Crippen molar-refractivity contribution in [3.05, 3.63) is 17.8 Å². The number of hydrogen-bond donors (Lipinski definition) is 1. The second-order valence-electron chi connectivity index (χ2n) is 5.87. The summed E-state index contributed by atoms with van der Waals surface area (Å²) >= 11 is 0. The van der Waals surface area contributed by atoms with Gasteiger partial charge in [-0.2, -0.15) is 5.10 Å². The number of carbonyl (C=O) groups excluding carboxylic acids is 1. The quantitative estimate of drug-likeness (QED) is 0.781. The van der Waals surface area contributed by atoms with E-state index in [2.05, 4.69) is 5.10 Å². The van der Waals surface area contributed by atoms with Gasteiger partial charge in [0.2, 0.25) is 5.88 Å². The lowest BCUT2D eigenvalue weighted by Crippen LogP contribution is -2.28. The molecule has 0 aliphatic heterocycles. The van der Waals surface area contributed by atoms with E-state index in [1.54, 1.807) is 19.2 Å². The van der Waals surface area contributed by atoms with Crippen LogP contribution < -0.4 is 10.5 Å². The van der Waals surface area contributed by atoms with E-state index in [-0.39, 0.29) is 0 Å². The summed E-state index contributed by atoms with van der Waals surface area (Å²) in [5.41, 5.74) is 5.75. The first-order valence-corrected chi connectivity index (χ1v) is 7.10. The molecule has 0 saturated carbocycles. The van der Waals surface area contributed by atoms with Gasteiger partial charge in [0.25, 0.3) is 0 Å². The summed E-state index contributed by atoms with van der Waals surface area (Å²) in [5.74, 6) is 0.267. The highest BCUT2D eigenvalue weighted by Crippen LogP contribution is 2.21. The highest BCUT2D eigenvalue weighted by atomic mass is 16.5. The van der Waals surface area contributed by atoms with Crippen LogP contribution in [0.1, 0.15) is 45.0 Å². The maximum Gasteiger partial charge on any atom is 0.345 e. The molecular formula is C15H25N3O3. The summed E-state index contributed by atoms with van der Waals surface area (Å²) in [5, 5.41) is 4.15. The molecular weight excluding hydrogens is 270 g/mol. The van der Waals surface area contributed by atoms with Crippen molar-refractivity contribution in [3.8, 4) is 5.88 Å². The summed E-state index contributed by atoms with van der Waals surface area (Å²) in [7, 11) is 0. The predicted octanol–water partition coefficient (Wildman–Crippen LogP) is 2.30. The minimum atomic E-state index is -0.481. The molecule has 0 fully saturated rings. The maximum atomic E-state index is 11.9. The summed E-state index contributed by atoms with van der Waals surface area (Å²) in [6, 6.07) is 0. The second-order valence-corrected chi connectivity index (χ2v) is 5.87. The lowest BCUT2D eigenvalue weighted by Gasteiger charge is -2.13. The van der Waals surface area contributed by atoms with Crippen LogP contribution in [0.15, 0.2) is 12.3 Å². The number of nitrogens with two attached hydrogens (primary N) is 1. The van der Waals surface area contributed by atoms with Crippen LogP contribution in [0.2, 0.25) is 0 Å². The molecule has 21 heavy (non-hydrogen) atoms. The van der Waals surface area contributed by atoms with E-state index in [0.717, 1.165) is 0 Å². The molecule has 1 heterocycles. The van der Waals surface area contributed by atoms with Crippen molar-refractivity contribution in [2.75, 3.05) is 13.2 Å². The molecule has 2 N–H and O–H groups in total. The number of ether oxygens (including phenoxy) is 2. The normalized spacial score (nSPS) is 12.1. The Bertz CT molecular complexity index is 499. The van der Waals surface area contributed by atoms with E-state index in [0.29, 0.717) is 30.6 Å². The van der Waals surface area contributed by atoms with Crippen LogP contribution in [0, 0.1) is 5.92 Å². The van der Waals surface area contributed by atoms with E-state index >= 15 is 0 Å². The molecule has 1 aromatic rings. The molecule has 0 amide bonds. The fourth-order valence-corrected chi connectivity index (χ4v) is 1.46. The van der Waals surface area contributed by atoms with Crippen LogP contribution in [-0.2, 0) is 4.74 Å². The zero-order valence-electron chi connectivity index (χ0n) is 13.4. The Balaban J connectivity index is 3.07. The molecule has 1 aromatic heterocycles. The third-order valence-corrected chi connectivity index (χ3v) is 2.44. The molecule has 0 radical (unpaired) electrons. The molecule has 0 aromatic carbocycles. The summed E-state index contributed by atoms with van der Waals surface area (Å²) in [6.45, 7) is 10.3. The van der Waals surface area contributed by atoms with Gasteiger partial charge >= 0.3 is 5.97 Å². The SMILES string of the molecule is CCOC(=O)c1cnn(C=CC(C)(C)N)c1OCC(C)C. The van der Waals surface area contributed by atoms with Crippen LogP contribution in [0.25, 0.3) is 6.20 Å². The van der Waals surface area contributed by atoms with Gasteiger partial charge in [0.15, 0.2) is 0 Å². The molecule has 0 bridgehead atoms. The number of carbonyl (C=O) groups is 1. The van der Waals surface area contributed by atoms with Crippen molar-refractivity contribution >= 4 is 12.2 Å². The van der Waals surface area contributed by atoms with Crippen LogP contribution in [-0.4, -0.2) is 34.5 Å². The summed E-state index contributed by atoms with van der Waals surface area (Å²) in [6.07, 6.45) is 4.93. The Morgan fingerprint density at radius 3 is 2.71 bits per heavy atom. The Labute approximate surface area is 125 Å². The smallest absolute Gasteiger partial charge is 0.345 e. The third kappa shape index (κ3) is 5.59. The van der Waals surface area contributed by atoms with Crippen LogP contribution in [0.3, 0.4) is 0 Å². The van der Waals surface area contributed by atoms with Crippen molar-refractivity contribution in [2.45, 2.75) is 40.2 Å². The molecule has 0 spiro atoms. The Hall–Kier alpha value is -1.82. The number of hydrogen-bond acceptors (Lipinski definition) is 5. The van der Waals surface area contributed by atoms with E-state index < -0.39 is 11.5 Å². The number of esters is 1. The molecule has 0 unspecified atom stereocenters. The molecule has 0 saturated heterocycles. The topological polar surface area (TPSA) is 79.4 Å². The average molecular weight is 295 g/mol. The van der Waals surface area contributed by atoms with Crippen molar-refractivity contribution in [2.24, 2.45) is 11.7 Å². The van der Waals surface area contributed by atoms with Crippen LogP contribution >= 0.6 is 0 Å². The van der Waals surface area contributed by atoms with Crippen LogP contribution in [0.5, 0.6) is 5.88 Å². The third-order valence-electron chi connectivity index (χ3n) is 2.44. The molecule has 0 atom stereocenters. The van der Waals surface area contributed by atoms with E-state index in [9.17, 15) is 4.79 Å². The molecule has 6 nitrogen and oxygen atoms in total. The van der Waals surface area contributed by atoms with Gasteiger partial charge in [0, 0.05) is 11.7 Å². The van der Waals surface area contributed by atoms with Crippen LogP contribution in [0.4, 0.5) is 0 Å². The second kappa shape index (κ2) is 7.26. The van der Waals surface area contributed by atoms with Gasteiger partial charge in [-0.05, 0) is 32.8 Å². The highest BCUT2D eigenvalue weighted by molar-refractivity contribution is 5.91. The molecule has 1 rings (SSSR count). The molecule has 0 aliphatic rings. The van der Waals surface area contributed by atoms with Gasteiger partial charge in [-0.25, -0.2) is 9.48 Å². The van der Waals surface area contributed by atoms with E-state index in [1.165, 1.54) is 10.9 Å². The number of nitrogens with zero attached hydrogens (tertiary/aromatic N) is 2. The minimum Gasteiger partial charge on any atom is -0.477 e. The Morgan fingerprint density at radius 2 is 2.19 bits per heavy atom. The van der Waals surface area contributed by atoms with Gasteiger partial charge in [-0.1, -0.05) is 13.8 Å². The van der Waals surface area contributed by atoms with Gasteiger partial charge < -0.3 is 15.2 Å². The highest BCUT2D eigenvalue weighted by Gasteiger charge is 2.20. The van der Waals surface area contributed by atoms with Crippen molar-refractivity contribution in [3.63, 3.8) is 0 Å². The van der Waals surface area contributed by atoms with Gasteiger partial charge in [0.1, 0.15) is 5.56 Å². The van der Waals surface area contributed by atoms with Crippen molar-refractivity contribution in [1.29, 1.82) is 0 Å². The van der Waals surface area contributed by atoms with E-state index in [1.807, 2.05) is 27.7 Å². The Kier molecular flexibility index (Phi) is 5.96. The zero-order chi connectivity index (χ0) is 16.0. The fraction of sp³-hybridized carbons (Fsp3) is 0.600. The lowest BCUT2D eigenvalue weighted by atomic mass is 10.1. The fourth-order valence-electron chi connectivity index (χ4n) is 1.46. The van der Waals surface area contributed by atoms with Gasteiger partial charge in [0.05, 0.1) is 19.4 Å². The number of aromatic nitrogens is 2. The standard InChI is InChI=1S/C15H25N3O3/c1-6-20-14(19)12-9-17-18(8-7-15(4,5)16)13(12)21-10-11(2)3/h7-9,11H,6,10,16H2,1-5H3. The first-order valence-electron chi connectivity index (χ1n) is 7.10. The molecule has 118 valence electrons. The van der Waals surface area contributed by atoms with Gasteiger partial charge in [-0.3, -0.25) is 0 Å². The zero-order valence-corrected chi connectivity index (χ0v) is 13.4. The lowest BCUT2D eigenvalue weighted by molar-refractivity contribution is 0.0520. The first kappa shape index (κ1) is 17.2. The maximum absolute atomic E-state index is 11.9. The number of rotatable bonds is 7. The minimum absolute atomic E-state index is 0.305. The summed E-state index contributed by atoms with van der Waals surface area (Å²) in [4.78, 5) is 11.9. The van der Waals surface area contributed by atoms with Gasteiger partial charge in [-0.15, -0.1) is 0 Å². The molecule has 6 heteroatoms. The Morgan fingerprint density at radius 1 is 1.52 bits per heavy atom. The summed E-state index contributed by atoms with van der Waals surface area (Å²) < 4.78 is 12.2. The first-order chi connectivity index (χ1) is 9.74. The van der Waals surface area contributed by atoms with Crippen molar-refractivity contribution < 1.29 is 14.3 Å².